The van der Waals surface area contributed by atoms with E-state index in [2.05, 4.69) is 15.3 Å². The van der Waals surface area contributed by atoms with Gasteiger partial charge < -0.3 is 10.2 Å². The fourth-order valence-electron chi connectivity index (χ4n) is 2.86. The van der Waals surface area contributed by atoms with Gasteiger partial charge in [-0.3, -0.25) is 9.59 Å². The van der Waals surface area contributed by atoms with Gasteiger partial charge in [0.15, 0.2) is 5.82 Å². The first-order valence-corrected chi connectivity index (χ1v) is 8.80. The summed E-state index contributed by atoms with van der Waals surface area (Å²) in [4.78, 5) is 36.5. The summed E-state index contributed by atoms with van der Waals surface area (Å²) in [5, 5.41) is 2.73. The van der Waals surface area contributed by atoms with Gasteiger partial charge in [0.25, 0.3) is 5.91 Å². The van der Waals surface area contributed by atoms with Crippen molar-refractivity contribution in [3.8, 4) is 0 Å². The van der Waals surface area contributed by atoms with Gasteiger partial charge in [0.05, 0.1) is 23.2 Å². The van der Waals surface area contributed by atoms with Crippen LogP contribution in [0.1, 0.15) is 51.9 Å². The normalized spacial score (nSPS) is 17.1. The summed E-state index contributed by atoms with van der Waals surface area (Å²) in [5.41, 5.74) is 0.751. The summed E-state index contributed by atoms with van der Waals surface area (Å²) in [6.07, 6.45) is 3.50. The maximum absolute atomic E-state index is 12.8. The summed E-state index contributed by atoms with van der Waals surface area (Å²) in [7, 11) is 0. The van der Waals surface area contributed by atoms with Crippen molar-refractivity contribution in [3.05, 3.63) is 45.7 Å². The van der Waals surface area contributed by atoms with Crippen molar-refractivity contribution in [2.75, 3.05) is 6.54 Å². The van der Waals surface area contributed by atoms with Crippen LogP contribution in [0.3, 0.4) is 0 Å². The van der Waals surface area contributed by atoms with Crippen molar-refractivity contribution in [1.29, 1.82) is 0 Å². The fourth-order valence-corrected chi connectivity index (χ4v) is 3.68. The van der Waals surface area contributed by atoms with Crippen LogP contribution in [0, 0.1) is 6.92 Å². The lowest BCUT2D eigenvalue weighted by molar-refractivity contribution is -0.119. The van der Waals surface area contributed by atoms with Crippen molar-refractivity contribution in [1.82, 2.24) is 20.2 Å². The minimum absolute atomic E-state index is 0.0477. The van der Waals surface area contributed by atoms with Gasteiger partial charge >= 0.3 is 0 Å². The van der Waals surface area contributed by atoms with E-state index in [1.807, 2.05) is 24.0 Å². The predicted octanol–water partition coefficient (Wildman–Crippen LogP) is 2.46. The molecule has 1 saturated heterocycles. The number of aromatic nitrogens is 2. The number of nitrogens with one attached hydrogen (secondary N) is 1. The molecular weight excluding hydrogens is 324 g/mol. The highest BCUT2D eigenvalue weighted by molar-refractivity contribution is 7.13. The molecule has 24 heavy (non-hydrogen) atoms. The summed E-state index contributed by atoms with van der Waals surface area (Å²) >= 11 is 1.51. The Morgan fingerprint density at radius 2 is 2.21 bits per heavy atom. The van der Waals surface area contributed by atoms with Crippen LogP contribution >= 0.6 is 11.3 Å². The van der Waals surface area contributed by atoms with Crippen molar-refractivity contribution < 1.29 is 9.59 Å². The number of thiophene rings is 1. The lowest BCUT2D eigenvalue weighted by Crippen LogP contribution is -2.31. The highest BCUT2D eigenvalue weighted by Gasteiger charge is 2.33. The van der Waals surface area contributed by atoms with E-state index >= 15 is 0 Å². The Bertz CT molecular complexity index is 759. The number of nitrogens with zero attached hydrogens (tertiary/aromatic N) is 3. The smallest absolute Gasteiger partial charge is 0.264 e. The number of rotatable bonds is 4. The highest BCUT2D eigenvalue weighted by atomic mass is 32.1. The molecule has 2 amide bonds. The van der Waals surface area contributed by atoms with E-state index in [9.17, 15) is 9.59 Å². The number of hydrogen-bond donors (Lipinski definition) is 1. The molecular formula is C17H20N4O2S. The van der Waals surface area contributed by atoms with E-state index in [0.717, 1.165) is 34.8 Å². The number of hydrogen-bond acceptors (Lipinski definition) is 5. The first-order valence-electron chi connectivity index (χ1n) is 7.98. The molecule has 2 aromatic heterocycles. The lowest BCUT2D eigenvalue weighted by atomic mass is 10.2. The van der Waals surface area contributed by atoms with Gasteiger partial charge in [0.1, 0.15) is 0 Å². The molecule has 0 aliphatic carbocycles. The Labute approximate surface area is 144 Å². The minimum atomic E-state index is -0.0998. The van der Waals surface area contributed by atoms with E-state index in [4.69, 9.17) is 0 Å². The Hall–Kier alpha value is -2.28. The Morgan fingerprint density at radius 1 is 1.38 bits per heavy atom. The third-order valence-corrected chi connectivity index (χ3v) is 5.00. The first kappa shape index (κ1) is 16.6. The molecule has 0 bridgehead atoms. The second kappa shape index (κ2) is 7.09. The summed E-state index contributed by atoms with van der Waals surface area (Å²) in [6, 6.07) is 5.53. The zero-order chi connectivity index (χ0) is 17.1. The van der Waals surface area contributed by atoms with Gasteiger partial charge in [-0.25, -0.2) is 9.97 Å². The van der Waals surface area contributed by atoms with E-state index in [1.165, 1.54) is 18.3 Å². The molecule has 1 N–H and O–H groups in total. The topological polar surface area (TPSA) is 75.2 Å². The number of carbonyl (C=O) groups is 2. The molecule has 6 nitrogen and oxygen atoms in total. The van der Waals surface area contributed by atoms with Crippen LogP contribution in [0.15, 0.2) is 24.4 Å². The monoisotopic (exact) mass is 344 g/mol. The Balaban J connectivity index is 1.79. The van der Waals surface area contributed by atoms with E-state index in [1.54, 1.807) is 12.3 Å². The van der Waals surface area contributed by atoms with Crippen molar-refractivity contribution in [2.24, 2.45) is 0 Å². The number of amides is 2. The zero-order valence-electron chi connectivity index (χ0n) is 13.8. The van der Waals surface area contributed by atoms with Crippen LogP contribution in [0.5, 0.6) is 0 Å². The molecule has 1 aliphatic heterocycles. The van der Waals surface area contributed by atoms with Gasteiger partial charge in [-0.05, 0) is 38.0 Å². The molecule has 3 rings (SSSR count). The van der Waals surface area contributed by atoms with Crippen LogP contribution in [0.25, 0.3) is 0 Å². The summed E-state index contributed by atoms with van der Waals surface area (Å²) < 4.78 is 0. The lowest BCUT2D eigenvalue weighted by Gasteiger charge is -2.23. The highest BCUT2D eigenvalue weighted by Crippen LogP contribution is 2.32. The van der Waals surface area contributed by atoms with Crippen molar-refractivity contribution >= 4 is 23.2 Å². The molecule has 1 aliphatic rings. The average molecular weight is 344 g/mol. The molecule has 0 radical (unpaired) electrons. The second-order valence-corrected chi connectivity index (χ2v) is 7.17. The zero-order valence-corrected chi connectivity index (χ0v) is 14.6. The number of carbonyl (C=O) groups excluding carboxylic acids is 2. The minimum Gasteiger partial charge on any atom is -0.351 e. The van der Waals surface area contributed by atoms with Gasteiger partial charge in [-0.2, -0.15) is 0 Å². The second-order valence-electron chi connectivity index (χ2n) is 5.88. The summed E-state index contributed by atoms with van der Waals surface area (Å²) in [5.74, 6) is 0.601. The number of likely N-dealkylation sites (tertiary alicyclic amines) is 1. The molecule has 0 spiro atoms. The molecule has 1 fully saturated rings. The average Bonchev–Trinajstić information content (AvgIpc) is 3.21. The predicted molar refractivity (Wildman–Crippen MR) is 91.6 cm³/mol. The van der Waals surface area contributed by atoms with Crippen molar-refractivity contribution in [2.45, 2.75) is 39.3 Å². The van der Waals surface area contributed by atoms with Crippen molar-refractivity contribution in [3.63, 3.8) is 0 Å². The maximum Gasteiger partial charge on any atom is 0.264 e. The third-order valence-electron chi connectivity index (χ3n) is 4.01. The molecule has 1 atom stereocenters. The van der Waals surface area contributed by atoms with Gasteiger partial charge in [-0.15, -0.1) is 11.3 Å². The molecule has 7 heteroatoms. The molecule has 2 aromatic rings. The SMILES string of the molecule is CC(=O)NCc1ccnc([C@@H]2CCCN2C(=O)c2ccc(C)s2)n1. The molecule has 3 heterocycles. The molecule has 0 unspecified atom stereocenters. The molecule has 126 valence electrons. The van der Waals surface area contributed by atoms with Gasteiger partial charge in [-0.1, -0.05) is 0 Å². The van der Waals surface area contributed by atoms with E-state index in [-0.39, 0.29) is 17.9 Å². The van der Waals surface area contributed by atoms with E-state index < -0.39 is 0 Å². The van der Waals surface area contributed by atoms with Gasteiger partial charge in [0.2, 0.25) is 5.91 Å². The first-order chi connectivity index (χ1) is 11.5. The van der Waals surface area contributed by atoms with Gasteiger partial charge in [0, 0.05) is 24.5 Å². The Kier molecular flexibility index (Phi) is 4.89. The van der Waals surface area contributed by atoms with Crippen LogP contribution < -0.4 is 5.32 Å². The van der Waals surface area contributed by atoms with Crippen LogP contribution in [0.2, 0.25) is 0 Å². The summed E-state index contributed by atoms with van der Waals surface area (Å²) in [6.45, 7) is 4.56. The fraction of sp³-hybridized carbons (Fsp3) is 0.412. The standard InChI is InChI=1S/C17H20N4O2S/c1-11-5-6-15(24-11)17(23)21-9-3-4-14(21)16-18-8-7-13(20-16)10-19-12(2)22/h5-8,14H,3-4,9-10H2,1-2H3,(H,19,22)/t14-/m0/s1. The van der Waals surface area contributed by atoms with E-state index in [0.29, 0.717) is 12.4 Å². The van der Waals surface area contributed by atoms with Crippen LogP contribution in [-0.2, 0) is 11.3 Å². The van der Waals surface area contributed by atoms with Crippen LogP contribution in [-0.4, -0.2) is 33.2 Å². The maximum atomic E-state index is 12.8. The molecule has 0 saturated carbocycles. The number of aryl methyl sites for hydroxylation is 1. The van der Waals surface area contributed by atoms with Crippen LogP contribution in [0.4, 0.5) is 0 Å². The largest absolute Gasteiger partial charge is 0.351 e. The third kappa shape index (κ3) is 3.62. The quantitative estimate of drug-likeness (QED) is 0.924. The molecule has 0 aromatic carbocycles. The Morgan fingerprint density at radius 3 is 2.92 bits per heavy atom.